The molecule has 1 aliphatic heterocycles. The standard InChI is InChI=1S/C22H30N4O7/c1-13-6-5-7-15(18(13)20(30)25-14-8-9-16(27)26-19(14)29)32-12-17(28)23-10-11-24-21(31)33-22(2,3)4/h5-7,14H,8-12H2,1-4H3,(H,23,28)(H,24,31)(H,25,30)(H,26,27,29). The summed E-state index contributed by atoms with van der Waals surface area (Å²) in [5.41, 5.74) is 0.179. The third-order valence-corrected chi connectivity index (χ3v) is 4.48. The van der Waals surface area contributed by atoms with Crippen LogP contribution in [0.1, 0.15) is 49.5 Å². The number of alkyl carbamates (subject to hydrolysis) is 1. The molecular formula is C22H30N4O7. The first-order chi connectivity index (χ1) is 15.5. The number of carbonyl (C=O) groups excluding carboxylic acids is 5. The van der Waals surface area contributed by atoms with Gasteiger partial charge in [0.05, 0.1) is 5.56 Å². The first-order valence-corrected chi connectivity index (χ1v) is 10.6. The van der Waals surface area contributed by atoms with E-state index in [0.717, 1.165) is 0 Å². The van der Waals surface area contributed by atoms with Gasteiger partial charge >= 0.3 is 6.09 Å². The van der Waals surface area contributed by atoms with E-state index in [9.17, 15) is 24.0 Å². The van der Waals surface area contributed by atoms with E-state index >= 15 is 0 Å². The predicted octanol–water partition coefficient (Wildman–Crippen LogP) is 0.550. The lowest BCUT2D eigenvalue weighted by Crippen LogP contribution is -2.52. The topological polar surface area (TPSA) is 152 Å². The van der Waals surface area contributed by atoms with E-state index in [1.807, 2.05) is 0 Å². The van der Waals surface area contributed by atoms with Gasteiger partial charge in [0, 0.05) is 19.5 Å². The molecule has 2 rings (SSSR count). The molecule has 1 unspecified atom stereocenters. The van der Waals surface area contributed by atoms with Crippen molar-refractivity contribution in [2.45, 2.75) is 52.2 Å². The summed E-state index contributed by atoms with van der Waals surface area (Å²) < 4.78 is 10.6. The highest BCUT2D eigenvalue weighted by Gasteiger charge is 2.29. The van der Waals surface area contributed by atoms with Gasteiger partial charge in [-0.2, -0.15) is 0 Å². The molecule has 1 fully saturated rings. The quantitative estimate of drug-likeness (QED) is 0.325. The molecule has 33 heavy (non-hydrogen) atoms. The van der Waals surface area contributed by atoms with E-state index in [1.165, 1.54) is 0 Å². The number of nitrogens with one attached hydrogen (secondary N) is 4. The van der Waals surface area contributed by atoms with E-state index in [0.29, 0.717) is 5.56 Å². The minimum atomic E-state index is -0.830. The summed E-state index contributed by atoms with van der Waals surface area (Å²) in [6, 6.07) is 4.09. The average molecular weight is 463 g/mol. The normalized spacial score (nSPS) is 15.8. The van der Waals surface area contributed by atoms with Crippen LogP contribution < -0.4 is 26.0 Å². The van der Waals surface area contributed by atoms with Crippen LogP contribution in [0.25, 0.3) is 0 Å². The molecule has 5 amide bonds. The van der Waals surface area contributed by atoms with Crippen LogP contribution in [0.5, 0.6) is 5.75 Å². The second-order valence-corrected chi connectivity index (χ2v) is 8.49. The maximum absolute atomic E-state index is 12.8. The van der Waals surface area contributed by atoms with Gasteiger partial charge in [-0.3, -0.25) is 24.5 Å². The molecule has 1 saturated heterocycles. The van der Waals surface area contributed by atoms with Crippen molar-refractivity contribution < 1.29 is 33.4 Å². The summed E-state index contributed by atoms with van der Waals surface area (Å²) in [5.74, 6) is -1.74. The van der Waals surface area contributed by atoms with Crippen molar-refractivity contribution in [2.75, 3.05) is 19.7 Å². The maximum Gasteiger partial charge on any atom is 0.407 e. The fourth-order valence-electron chi connectivity index (χ4n) is 2.99. The molecule has 0 bridgehead atoms. The number of aryl methyl sites for hydroxylation is 1. The van der Waals surface area contributed by atoms with Crippen LogP contribution in [0.3, 0.4) is 0 Å². The average Bonchev–Trinajstić information content (AvgIpc) is 2.70. The summed E-state index contributed by atoms with van der Waals surface area (Å²) >= 11 is 0. The number of carbonyl (C=O) groups is 5. The number of benzene rings is 1. The smallest absolute Gasteiger partial charge is 0.407 e. The van der Waals surface area contributed by atoms with Crippen LogP contribution in [0.4, 0.5) is 4.79 Å². The molecule has 4 N–H and O–H groups in total. The lowest BCUT2D eigenvalue weighted by Gasteiger charge is -2.22. The van der Waals surface area contributed by atoms with Gasteiger partial charge in [0.25, 0.3) is 11.8 Å². The highest BCUT2D eigenvalue weighted by Crippen LogP contribution is 2.22. The van der Waals surface area contributed by atoms with Gasteiger partial charge in [0.1, 0.15) is 17.4 Å². The molecule has 1 aliphatic rings. The number of rotatable bonds is 8. The van der Waals surface area contributed by atoms with Crippen molar-refractivity contribution in [3.63, 3.8) is 0 Å². The molecule has 0 aromatic heterocycles. The third-order valence-electron chi connectivity index (χ3n) is 4.48. The highest BCUT2D eigenvalue weighted by atomic mass is 16.6. The first kappa shape index (κ1) is 25.6. The van der Waals surface area contributed by atoms with Crippen LogP contribution in [0.15, 0.2) is 18.2 Å². The van der Waals surface area contributed by atoms with Crippen LogP contribution in [0.2, 0.25) is 0 Å². The first-order valence-electron chi connectivity index (χ1n) is 10.6. The number of imide groups is 1. The molecule has 11 nitrogen and oxygen atoms in total. The fraction of sp³-hybridized carbons (Fsp3) is 0.500. The van der Waals surface area contributed by atoms with E-state index in [2.05, 4.69) is 21.3 Å². The molecule has 0 saturated carbocycles. The van der Waals surface area contributed by atoms with E-state index in [4.69, 9.17) is 9.47 Å². The Morgan fingerprint density at radius 2 is 1.82 bits per heavy atom. The molecule has 1 heterocycles. The Hall–Kier alpha value is -3.63. The van der Waals surface area contributed by atoms with Crippen molar-refractivity contribution in [1.29, 1.82) is 0 Å². The van der Waals surface area contributed by atoms with Gasteiger partial charge in [0.2, 0.25) is 11.8 Å². The van der Waals surface area contributed by atoms with Gasteiger partial charge in [0.15, 0.2) is 6.61 Å². The largest absolute Gasteiger partial charge is 0.483 e. The summed E-state index contributed by atoms with van der Waals surface area (Å²) in [7, 11) is 0. The van der Waals surface area contributed by atoms with Gasteiger partial charge in [-0.1, -0.05) is 12.1 Å². The monoisotopic (exact) mass is 462 g/mol. The summed E-state index contributed by atoms with van der Waals surface area (Å²) in [6.07, 6.45) is -0.242. The number of amides is 5. The molecule has 1 aromatic rings. The maximum atomic E-state index is 12.8. The zero-order chi connectivity index (χ0) is 24.6. The molecule has 1 aromatic carbocycles. The summed E-state index contributed by atoms with van der Waals surface area (Å²) in [6.45, 7) is 6.93. The number of hydrogen-bond acceptors (Lipinski definition) is 7. The van der Waals surface area contributed by atoms with Crippen LogP contribution in [0, 0.1) is 6.92 Å². The molecular weight excluding hydrogens is 432 g/mol. The number of hydrogen-bond donors (Lipinski definition) is 4. The van der Waals surface area contributed by atoms with E-state index in [1.54, 1.807) is 45.9 Å². The second-order valence-electron chi connectivity index (χ2n) is 8.49. The predicted molar refractivity (Wildman–Crippen MR) is 118 cm³/mol. The Bertz CT molecular complexity index is 924. The van der Waals surface area contributed by atoms with Gasteiger partial charge < -0.3 is 25.4 Å². The fourth-order valence-corrected chi connectivity index (χ4v) is 2.99. The Kier molecular flexibility index (Phi) is 8.78. The SMILES string of the molecule is Cc1cccc(OCC(=O)NCCNC(=O)OC(C)(C)C)c1C(=O)NC1CCC(=O)NC1=O. The molecule has 0 radical (unpaired) electrons. The Labute approximate surface area is 191 Å². The van der Waals surface area contributed by atoms with Crippen molar-refractivity contribution >= 4 is 29.7 Å². The van der Waals surface area contributed by atoms with E-state index in [-0.39, 0.29) is 49.8 Å². The Morgan fingerprint density at radius 3 is 2.48 bits per heavy atom. The summed E-state index contributed by atoms with van der Waals surface area (Å²) in [4.78, 5) is 59.7. The zero-order valence-corrected chi connectivity index (χ0v) is 19.2. The number of ether oxygens (including phenoxy) is 2. The molecule has 11 heteroatoms. The van der Waals surface area contributed by atoms with Crippen LogP contribution in [-0.2, 0) is 19.1 Å². The van der Waals surface area contributed by atoms with Crippen molar-refractivity contribution in [2.24, 2.45) is 0 Å². The molecule has 0 spiro atoms. The lowest BCUT2D eigenvalue weighted by molar-refractivity contribution is -0.134. The zero-order valence-electron chi connectivity index (χ0n) is 19.2. The van der Waals surface area contributed by atoms with Crippen LogP contribution in [-0.4, -0.2) is 61.1 Å². The van der Waals surface area contributed by atoms with Crippen molar-refractivity contribution in [3.8, 4) is 5.75 Å². The molecule has 0 aliphatic carbocycles. The highest BCUT2D eigenvalue weighted by molar-refractivity contribution is 6.05. The van der Waals surface area contributed by atoms with Gasteiger partial charge in [-0.25, -0.2) is 4.79 Å². The number of piperidine rings is 1. The van der Waals surface area contributed by atoms with Crippen LogP contribution >= 0.6 is 0 Å². The van der Waals surface area contributed by atoms with Crippen molar-refractivity contribution in [3.05, 3.63) is 29.3 Å². The Morgan fingerprint density at radius 1 is 1.12 bits per heavy atom. The van der Waals surface area contributed by atoms with Crippen molar-refractivity contribution in [1.82, 2.24) is 21.3 Å². The summed E-state index contributed by atoms with van der Waals surface area (Å²) in [5, 5.41) is 9.91. The molecule has 180 valence electrons. The third kappa shape index (κ3) is 8.43. The minimum absolute atomic E-state index is 0.136. The van der Waals surface area contributed by atoms with Gasteiger partial charge in [-0.15, -0.1) is 0 Å². The molecule has 1 atom stereocenters. The second kappa shape index (κ2) is 11.3. The van der Waals surface area contributed by atoms with E-state index < -0.39 is 35.5 Å². The Balaban J connectivity index is 1.86. The van der Waals surface area contributed by atoms with Gasteiger partial charge in [-0.05, 0) is 45.7 Å². The lowest BCUT2D eigenvalue weighted by atomic mass is 10.0. The minimum Gasteiger partial charge on any atom is -0.483 e.